The Balaban J connectivity index is 1.99. The predicted molar refractivity (Wildman–Crippen MR) is 111 cm³/mol. The quantitative estimate of drug-likeness (QED) is 0.426. The minimum atomic E-state index is -0.547. The summed E-state index contributed by atoms with van der Waals surface area (Å²) in [5.41, 5.74) is 0.919. The largest absolute Gasteiger partial charge is 0.423 e. The summed E-state index contributed by atoms with van der Waals surface area (Å²) in [6.45, 7) is 9.09. The number of amides is 2. The van der Waals surface area contributed by atoms with Crippen molar-refractivity contribution in [3.8, 4) is 5.75 Å². The van der Waals surface area contributed by atoms with Gasteiger partial charge in [-0.25, -0.2) is 9.59 Å². The average Bonchev–Trinajstić information content (AvgIpc) is 2.67. The number of pyridine rings is 1. The van der Waals surface area contributed by atoms with Gasteiger partial charge >= 0.3 is 12.1 Å². The van der Waals surface area contributed by atoms with Crippen LogP contribution < -0.4 is 14.6 Å². The fraction of sp³-hybridized carbons (Fsp3) is 0.364. The highest BCUT2D eigenvalue weighted by Crippen LogP contribution is 2.17. The van der Waals surface area contributed by atoms with Crippen LogP contribution in [0.25, 0.3) is 0 Å². The monoisotopic (exact) mass is 414 g/mol. The first kappa shape index (κ1) is 22.9. The topological polar surface area (TPSA) is 88.8 Å². The molecule has 8 nitrogen and oxygen atoms in total. The second-order valence-corrected chi connectivity index (χ2v) is 7.34. The van der Waals surface area contributed by atoms with Crippen LogP contribution in [0.4, 0.5) is 10.5 Å². The van der Waals surface area contributed by atoms with E-state index in [9.17, 15) is 14.4 Å². The Bertz CT molecular complexity index is 886. The third kappa shape index (κ3) is 6.58. The molecule has 2 aromatic rings. The van der Waals surface area contributed by atoms with Gasteiger partial charge in [0.1, 0.15) is 11.3 Å². The fourth-order valence-electron chi connectivity index (χ4n) is 2.92. The number of nitrogens with zero attached hydrogens (tertiary/aromatic N) is 2. The Labute approximate surface area is 176 Å². The van der Waals surface area contributed by atoms with Crippen molar-refractivity contribution in [2.45, 2.75) is 53.4 Å². The van der Waals surface area contributed by atoms with Crippen molar-refractivity contribution in [1.29, 1.82) is 0 Å². The van der Waals surface area contributed by atoms with Crippen molar-refractivity contribution >= 4 is 23.7 Å². The van der Waals surface area contributed by atoms with Crippen molar-refractivity contribution in [1.82, 2.24) is 4.90 Å². The molecule has 0 aliphatic rings. The second kappa shape index (κ2) is 10.4. The Morgan fingerprint density at radius 1 is 1.03 bits per heavy atom. The molecular formula is C22H28N3O5+. The van der Waals surface area contributed by atoms with Crippen LogP contribution >= 0.6 is 0 Å². The molecule has 160 valence electrons. The van der Waals surface area contributed by atoms with Gasteiger partial charge in [0, 0.05) is 30.8 Å². The first-order valence-electron chi connectivity index (χ1n) is 9.71. The van der Waals surface area contributed by atoms with Crippen LogP contribution in [0, 0.1) is 0 Å². The lowest BCUT2D eigenvalue weighted by atomic mass is 10.2. The Morgan fingerprint density at radius 2 is 1.67 bits per heavy atom. The lowest BCUT2D eigenvalue weighted by Gasteiger charge is -2.28. The van der Waals surface area contributed by atoms with Crippen LogP contribution in [0.2, 0.25) is 0 Å². The van der Waals surface area contributed by atoms with Gasteiger partial charge in [-0.15, -0.1) is 0 Å². The number of rotatable bonds is 7. The lowest BCUT2D eigenvalue weighted by molar-refractivity contribution is -0.727. The zero-order valence-electron chi connectivity index (χ0n) is 17.9. The second-order valence-electron chi connectivity index (χ2n) is 7.34. The molecule has 0 saturated heterocycles. The van der Waals surface area contributed by atoms with Crippen LogP contribution in [0.15, 0.2) is 48.8 Å². The number of hydrogen-bond donors (Lipinski definition) is 1. The maximum atomic E-state index is 12.4. The number of carbonyl (C=O) groups is 3. The summed E-state index contributed by atoms with van der Waals surface area (Å²) >= 11 is 0. The van der Waals surface area contributed by atoms with Crippen molar-refractivity contribution < 1.29 is 28.4 Å². The molecule has 1 N–H and O–H groups in total. The van der Waals surface area contributed by atoms with Crippen molar-refractivity contribution in [3.63, 3.8) is 0 Å². The summed E-state index contributed by atoms with van der Waals surface area (Å²) in [4.78, 5) is 37.5. The summed E-state index contributed by atoms with van der Waals surface area (Å²) in [5, 5.41) is 2.64. The lowest BCUT2D eigenvalue weighted by Crippen LogP contribution is -2.45. The molecule has 30 heavy (non-hydrogen) atoms. The van der Waals surface area contributed by atoms with E-state index in [4.69, 9.17) is 9.47 Å². The van der Waals surface area contributed by atoms with E-state index in [1.54, 1.807) is 58.3 Å². The van der Waals surface area contributed by atoms with Gasteiger partial charge in [-0.05, 0) is 58.0 Å². The normalized spacial score (nSPS) is 10.6. The number of ether oxygens (including phenoxy) is 2. The van der Waals surface area contributed by atoms with Crippen LogP contribution in [-0.2, 0) is 16.3 Å². The van der Waals surface area contributed by atoms with E-state index in [2.05, 4.69) is 5.32 Å². The maximum absolute atomic E-state index is 12.4. The minimum absolute atomic E-state index is 0.0147. The van der Waals surface area contributed by atoms with E-state index in [1.165, 1.54) is 6.92 Å². The molecule has 0 unspecified atom stereocenters. The smallest absolute Gasteiger partial charge is 0.415 e. The number of carbonyl (C=O) groups excluding carboxylic acids is 3. The highest BCUT2D eigenvalue weighted by atomic mass is 16.6. The van der Waals surface area contributed by atoms with Crippen molar-refractivity contribution in [3.05, 3.63) is 54.4 Å². The number of nitrogens with one attached hydrogen (secondary N) is 1. The Hall–Kier alpha value is -3.42. The first-order valence-corrected chi connectivity index (χ1v) is 9.71. The Morgan fingerprint density at radius 3 is 2.23 bits per heavy atom. The van der Waals surface area contributed by atoms with Crippen LogP contribution in [0.3, 0.4) is 0 Å². The third-order valence-electron chi connectivity index (χ3n) is 4.14. The number of esters is 1. The molecule has 0 bridgehead atoms. The first-order chi connectivity index (χ1) is 14.2. The molecule has 0 spiro atoms. The van der Waals surface area contributed by atoms with Gasteiger partial charge < -0.3 is 19.7 Å². The highest BCUT2D eigenvalue weighted by molar-refractivity contribution is 5.91. The number of hydrogen-bond acceptors (Lipinski definition) is 5. The van der Waals surface area contributed by atoms with E-state index in [1.807, 2.05) is 27.7 Å². The van der Waals surface area contributed by atoms with Gasteiger partial charge in [-0.3, -0.25) is 4.79 Å². The van der Waals surface area contributed by atoms with Crippen molar-refractivity contribution in [2.24, 2.45) is 0 Å². The summed E-state index contributed by atoms with van der Waals surface area (Å²) in [6.07, 6.45) is 2.83. The summed E-state index contributed by atoms with van der Waals surface area (Å²) in [5.74, 6) is -0.381. The van der Waals surface area contributed by atoms with Gasteiger partial charge in [0.2, 0.25) is 5.91 Å². The highest BCUT2D eigenvalue weighted by Gasteiger charge is 2.23. The minimum Gasteiger partial charge on any atom is -0.423 e. The molecule has 0 radical (unpaired) electrons. The molecule has 0 atom stereocenters. The fourth-order valence-corrected chi connectivity index (χ4v) is 2.92. The standard InChI is InChI=1S/C22H27N3O5/c1-15(2)25(16(3)4)22(28)29-14-24-12-6-7-18(13-24)21(27)30-20-10-8-19(9-11-20)23-17(5)26/h6-13,15-16H,14H2,1-5H3/p+1. The summed E-state index contributed by atoms with van der Waals surface area (Å²) < 4.78 is 12.3. The summed E-state index contributed by atoms with van der Waals surface area (Å²) in [6, 6.07) is 9.78. The SMILES string of the molecule is CC(=O)Nc1ccc(OC(=O)c2ccc[n+](COC(=O)N(C(C)C)C(C)C)c2)cc1. The molecule has 2 rings (SSSR count). The molecule has 0 aliphatic heterocycles. The van der Waals surface area contributed by atoms with Crippen LogP contribution in [-0.4, -0.2) is 35.0 Å². The van der Waals surface area contributed by atoms with Gasteiger partial charge in [0.25, 0.3) is 6.73 Å². The molecule has 0 saturated carbocycles. The van der Waals surface area contributed by atoms with Gasteiger partial charge in [0.15, 0.2) is 12.4 Å². The zero-order valence-corrected chi connectivity index (χ0v) is 17.9. The van der Waals surface area contributed by atoms with Crippen molar-refractivity contribution in [2.75, 3.05) is 5.32 Å². The number of benzene rings is 1. The van der Waals surface area contributed by atoms with E-state index in [-0.39, 0.29) is 24.7 Å². The average molecular weight is 414 g/mol. The predicted octanol–water partition coefficient (Wildman–Crippen LogP) is 3.36. The zero-order chi connectivity index (χ0) is 22.3. The molecule has 1 aromatic heterocycles. The van der Waals surface area contributed by atoms with Crippen LogP contribution in [0.5, 0.6) is 5.75 Å². The van der Waals surface area contributed by atoms with E-state index in [0.717, 1.165) is 0 Å². The van der Waals surface area contributed by atoms with E-state index in [0.29, 0.717) is 17.0 Å². The Kier molecular flexibility index (Phi) is 7.91. The van der Waals surface area contributed by atoms with E-state index < -0.39 is 12.1 Å². The molecular weight excluding hydrogens is 386 g/mol. The molecule has 1 aromatic carbocycles. The molecule has 0 aliphatic carbocycles. The van der Waals surface area contributed by atoms with Gasteiger partial charge in [0.05, 0.1) is 0 Å². The molecule has 8 heteroatoms. The van der Waals surface area contributed by atoms with E-state index >= 15 is 0 Å². The summed E-state index contributed by atoms with van der Waals surface area (Å²) in [7, 11) is 0. The number of aromatic nitrogens is 1. The molecule has 0 fully saturated rings. The number of anilines is 1. The molecule has 2 amide bonds. The maximum Gasteiger partial charge on any atom is 0.415 e. The third-order valence-corrected chi connectivity index (χ3v) is 4.14. The van der Waals surface area contributed by atoms with Gasteiger partial charge in [-0.1, -0.05) is 0 Å². The molecule has 1 heterocycles. The van der Waals surface area contributed by atoms with Crippen LogP contribution in [0.1, 0.15) is 45.0 Å². The van der Waals surface area contributed by atoms with Gasteiger partial charge in [-0.2, -0.15) is 4.57 Å².